The van der Waals surface area contributed by atoms with E-state index >= 15 is 0 Å². The minimum atomic E-state index is -3.51. The third-order valence-corrected chi connectivity index (χ3v) is 5.85. The molecule has 1 saturated heterocycles. The second-order valence-electron chi connectivity index (χ2n) is 5.64. The van der Waals surface area contributed by atoms with Gasteiger partial charge in [0.15, 0.2) is 0 Å². The van der Waals surface area contributed by atoms with Crippen LogP contribution in [0.15, 0.2) is 0 Å². The van der Waals surface area contributed by atoms with Crippen molar-refractivity contribution in [2.24, 2.45) is 5.92 Å². The van der Waals surface area contributed by atoms with Crippen molar-refractivity contribution in [2.45, 2.75) is 39.7 Å². The Balaban J connectivity index is 1.86. The topological polar surface area (TPSA) is 87.2 Å². The first-order valence-electron chi connectivity index (χ1n) is 7.18. The van der Waals surface area contributed by atoms with Crippen LogP contribution in [0, 0.1) is 12.8 Å². The van der Waals surface area contributed by atoms with Crippen molar-refractivity contribution in [2.75, 3.05) is 24.4 Å². The van der Waals surface area contributed by atoms with Gasteiger partial charge >= 0.3 is 10.2 Å². The highest BCUT2D eigenvalue weighted by atomic mass is 32.2. The molecular weight excluding hydrogens is 310 g/mol. The highest BCUT2D eigenvalue weighted by Crippen LogP contribution is 2.22. The molecule has 9 heteroatoms. The highest BCUT2D eigenvalue weighted by molar-refractivity contribution is 7.90. The van der Waals surface area contributed by atoms with Crippen molar-refractivity contribution in [1.29, 1.82) is 0 Å². The average molecular weight is 333 g/mol. The molecule has 0 aromatic carbocycles. The fourth-order valence-electron chi connectivity index (χ4n) is 2.27. The van der Waals surface area contributed by atoms with Gasteiger partial charge in [-0.15, -0.1) is 10.2 Å². The Morgan fingerprint density at radius 3 is 2.52 bits per heavy atom. The highest BCUT2D eigenvalue weighted by Gasteiger charge is 2.28. The third-order valence-electron chi connectivity index (χ3n) is 3.47. The van der Waals surface area contributed by atoms with Crippen LogP contribution in [0.3, 0.4) is 0 Å². The number of nitrogens with one attached hydrogen (secondary N) is 2. The van der Waals surface area contributed by atoms with Crippen LogP contribution in [0.25, 0.3) is 0 Å². The van der Waals surface area contributed by atoms with Crippen LogP contribution >= 0.6 is 11.3 Å². The maximum atomic E-state index is 12.3. The van der Waals surface area contributed by atoms with Gasteiger partial charge in [-0.3, -0.25) is 0 Å². The molecule has 0 radical (unpaired) electrons. The summed E-state index contributed by atoms with van der Waals surface area (Å²) in [6.45, 7) is 8.09. The Morgan fingerprint density at radius 2 is 2.00 bits per heavy atom. The molecule has 2 heterocycles. The molecule has 0 bridgehead atoms. The largest absolute Gasteiger partial charge is 0.314 e. The van der Waals surface area contributed by atoms with Crippen LogP contribution in [-0.2, 0) is 10.2 Å². The van der Waals surface area contributed by atoms with E-state index in [0.29, 0.717) is 30.2 Å². The van der Waals surface area contributed by atoms with Crippen LogP contribution in [0.2, 0.25) is 0 Å². The van der Waals surface area contributed by atoms with E-state index in [9.17, 15) is 8.42 Å². The lowest BCUT2D eigenvalue weighted by molar-refractivity contribution is 0.265. The van der Waals surface area contributed by atoms with E-state index < -0.39 is 10.2 Å². The Morgan fingerprint density at radius 1 is 1.33 bits per heavy atom. The number of hydrogen-bond donors (Lipinski definition) is 2. The van der Waals surface area contributed by atoms with E-state index in [4.69, 9.17) is 0 Å². The molecule has 21 heavy (non-hydrogen) atoms. The zero-order valence-corrected chi connectivity index (χ0v) is 14.3. The van der Waals surface area contributed by atoms with Gasteiger partial charge < -0.3 is 5.32 Å². The molecule has 120 valence electrons. The fourth-order valence-corrected chi connectivity index (χ4v) is 4.28. The Hall–Kier alpha value is -0.770. The zero-order valence-electron chi connectivity index (χ0n) is 12.7. The second-order valence-corrected chi connectivity index (χ2v) is 8.49. The first-order valence-corrected chi connectivity index (χ1v) is 9.44. The molecule has 1 fully saturated rings. The SMILES string of the molecule is Cc1nnc(NS(=O)(=O)N2CCC(CNC(C)C)CC2)s1. The predicted molar refractivity (Wildman–Crippen MR) is 84.6 cm³/mol. The number of rotatable bonds is 6. The number of anilines is 1. The molecule has 0 unspecified atom stereocenters. The van der Waals surface area contributed by atoms with Crippen molar-refractivity contribution in [3.05, 3.63) is 5.01 Å². The van der Waals surface area contributed by atoms with E-state index in [-0.39, 0.29) is 0 Å². The maximum Gasteiger partial charge on any atom is 0.303 e. The third kappa shape index (κ3) is 4.87. The molecule has 0 aliphatic carbocycles. The summed E-state index contributed by atoms with van der Waals surface area (Å²) in [6, 6.07) is 0.467. The maximum absolute atomic E-state index is 12.3. The van der Waals surface area contributed by atoms with Gasteiger partial charge in [0.2, 0.25) is 5.13 Å². The molecule has 1 aliphatic rings. The summed E-state index contributed by atoms with van der Waals surface area (Å²) in [5, 5.41) is 12.1. The van der Waals surface area contributed by atoms with Crippen LogP contribution in [0.5, 0.6) is 0 Å². The number of aromatic nitrogens is 2. The van der Waals surface area contributed by atoms with Gasteiger partial charge in [-0.05, 0) is 32.2 Å². The van der Waals surface area contributed by atoms with Crippen LogP contribution in [0.1, 0.15) is 31.7 Å². The van der Waals surface area contributed by atoms with Crippen molar-refractivity contribution in [3.63, 3.8) is 0 Å². The summed E-state index contributed by atoms with van der Waals surface area (Å²) in [5.41, 5.74) is 0. The summed E-state index contributed by atoms with van der Waals surface area (Å²) in [5.74, 6) is 0.544. The van der Waals surface area contributed by atoms with Gasteiger partial charge in [-0.2, -0.15) is 12.7 Å². The van der Waals surface area contributed by atoms with E-state index in [0.717, 1.165) is 24.4 Å². The molecule has 7 nitrogen and oxygen atoms in total. The number of piperidine rings is 1. The van der Waals surface area contributed by atoms with Gasteiger partial charge in [0, 0.05) is 19.1 Å². The van der Waals surface area contributed by atoms with Gasteiger partial charge in [0.05, 0.1) is 0 Å². The van der Waals surface area contributed by atoms with Crippen LogP contribution in [-0.4, -0.2) is 48.6 Å². The summed E-state index contributed by atoms with van der Waals surface area (Å²) in [7, 11) is -3.51. The Kier molecular flexibility index (Phi) is 5.53. The Bertz CT molecular complexity index is 550. The van der Waals surface area contributed by atoms with Gasteiger partial charge in [0.25, 0.3) is 0 Å². The van der Waals surface area contributed by atoms with E-state index in [1.807, 2.05) is 0 Å². The predicted octanol–water partition coefficient (Wildman–Crippen LogP) is 1.21. The zero-order chi connectivity index (χ0) is 15.5. The van der Waals surface area contributed by atoms with Crippen molar-refractivity contribution in [3.8, 4) is 0 Å². The van der Waals surface area contributed by atoms with Crippen molar-refractivity contribution in [1.82, 2.24) is 19.8 Å². The average Bonchev–Trinajstić information content (AvgIpc) is 2.81. The van der Waals surface area contributed by atoms with Crippen molar-refractivity contribution < 1.29 is 8.42 Å². The standard InChI is InChI=1S/C12H23N5O2S2/c1-9(2)13-8-11-4-6-17(7-5-11)21(18,19)16-12-15-14-10(3)20-12/h9,11,13H,4-8H2,1-3H3,(H,15,16). The molecule has 2 N–H and O–H groups in total. The van der Waals surface area contributed by atoms with Gasteiger partial charge in [-0.1, -0.05) is 25.2 Å². The van der Waals surface area contributed by atoms with Crippen molar-refractivity contribution >= 4 is 26.7 Å². The smallest absolute Gasteiger partial charge is 0.303 e. The quantitative estimate of drug-likeness (QED) is 0.817. The van der Waals surface area contributed by atoms with E-state index in [1.165, 1.54) is 15.6 Å². The van der Waals surface area contributed by atoms with Crippen LogP contribution < -0.4 is 10.0 Å². The normalized spacial score (nSPS) is 18.3. The molecule has 0 atom stereocenters. The molecule has 0 saturated carbocycles. The molecule has 1 aromatic rings. The summed E-state index contributed by atoms with van der Waals surface area (Å²) in [6.07, 6.45) is 1.77. The lowest BCUT2D eigenvalue weighted by atomic mass is 9.98. The minimum Gasteiger partial charge on any atom is -0.314 e. The summed E-state index contributed by atoms with van der Waals surface area (Å²) >= 11 is 1.24. The lowest BCUT2D eigenvalue weighted by Gasteiger charge is -2.31. The molecule has 2 rings (SSSR count). The fraction of sp³-hybridized carbons (Fsp3) is 0.833. The number of aryl methyl sites for hydroxylation is 1. The number of hydrogen-bond acceptors (Lipinski definition) is 6. The Labute approximate surface area is 130 Å². The first kappa shape index (κ1) is 16.6. The molecular formula is C12H23N5O2S2. The first-order chi connectivity index (χ1) is 9.87. The van der Waals surface area contributed by atoms with Gasteiger partial charge in [-0.25, -0.2) is 4.72 Å². The molecule has 1 aromatic heterocycles. The van der Waals surface area contributed by atoms with E-state index in [2.05, 4.69) is 34.1 Å². The monoisotopic (exact) mass is 333 g/mol. The second kappa shape index (κ2) is 6.99. The molecule has 0 amide bonds. The van der Waals surface area contributed by atoms with E-state index in [1.54, 1.807) is 6.92 Å². The summed E-state index contributed by atoms with van der Waals surface area (Å²) < 4.78 is 28.5. The van der Waals surface area contributed by atoms with Gasteiger partial charge in [0.1, 0.15) is 5.01 Å². The van der Waals surface area contributed by atoms with Crippen LogP contribution in [0.4, 0.5) is 5.13 Å². The number of nitrogens with zero attached hydrogens (tertiary/aromatic N) is 3. The lowest BCUT2D eigenvalue weighted by Crippen LogP contribution is -2.43. The minimum absolute atomic E-state index is 0.330. The molecule has 0 spiro atoms. The molecule has 1 aliphatic heterocycles. The summed E-state index contributed by atoms with van der Waals surface area (Å²) in [4.78, 5) is 0.